The van der Waals surface area contributed by atoms with Crippen LogP contribution < -0.4 is 15.4 Å². The zero-order valence-electron chi connectivity index (χ0n) is 17.7. The van der Waals surface area contributed by atoms with Crippen LogP contribution in [0.2, 0.25) is 0 Å². The van der Waals surface area contributed by atoms with Crippen molar-refractivity contribution in [2.75, 3.05) is 0 Å². The van der Waals surface area contributed by atoms with Gasteiger partial charge in [0.05, 0.1) is 6.10 Å². The Hall–Kier alpha value is -3.78. The van der Waals surface area contributed by atoms with Crippen molar-refractivity contribution >= 4 is 34.5 Å². The topological polar surface area (TPSA) is 89.3 Å². The van der Waals surface area contributed by atoms with Crippen LogP contribution in [0.25, 0.3) is 22.7 Å². The van der Waals surface area contributed by atoms with Crippen molar-refractivity contribution in [2.45, 2.75) is 26.5 Å². The number of nitrogens with one attached hydrogen (secondary N) is 2. The van der Waals surface area contributed by atoms with E-state index in [-0.39, 0.29) is 17.1 Å². The van der Waals surface area contributed by atoms with E-state index < -0.39 is 0 Å². The van der Waals surface area contributed by atoms with Crippen LogP contribution in [0.1, 0.15) is 29.8 Å². The first-order valence-electron chi connectivity index (χ1n) is 10.1. The summed E-state index contributed by atoms with van der Waals surface area (Å²) in [4.78, 5) is 21.0. The van der Waals surface area contributed by atoms with Crippen molar-refractivity contribution < 1.29 is 13.9 Å². The number of amides is 1. The molecule has 0 spiro atoms. The number of hydrogen-bond donors (Lipinski definition) is 2. The summed E-state index contributed by atoms with van der Waals surface area (Å²) in [5.74, 6) is 0.958. The Labute approximate surface area is 190 Å². The minimum atomic E-state index is -0.279. The number of hydrogen-bond acceptors (Lipinski definition) is 6. The van der Waals surface area contributed by atoms with Gasteiger partial charge >= 0.3 is 0 Å². The van der Waals surface area contributed by atoms with Crippen molar-refractivity contribution in [1.82, 2.24) is 20.6 Å². The Morgan fingerprint density at radius 1 is 1.09 bits per heavy atom. The van der Waals surface area contributed by atoms with E-state index in [1.807, 2.05) is 50.2 Å². The standard InChI is InChI=1S/C24H22N4O3S/c1-15(2)30-19-11-9-17(10-12-19)22(29)28-24(32)26-14-16-5-7-18(8-6-16)23-27-21-20(31-23)4-3-13-25-21/h3-13,15H,14H2,1-2H3,(H2,26,28,29,32). The third-order valence-corrected chi connectivity index (χ3v) is 4.78. The lowest BCUT2D eigenvalue weighted by atomic mass is 10.1. The predicted molar refractivity (Wildman–Crippen MR) is 126 cm³/mol. The molecule has 0 radical (unpaired) electrons. The molecular formula is C24H22N4O3S. The smallest absolute Gasteiger partial charge is 0.257 e. The van der Waals surface area contributed by atoms with Crippen LogP contribution in [0.15, 0.2) is 71.3 Å². The fourth-order valence-electron chi connectivity index (χ4n) is 3.02. The predicted octanol–water partition coefficient (Wildman–Crippen LogP) is 4.48. The Balaban J connectivity index is 1.30. The Kier molecular flexibility index (Phi) is 6.42. The van der Waals surface area contributed by atoms with E-state index in [4.69, 9.17) is 21.4 Å². The molecule has 32 heavy (non-hydrogen) atoms. The molecule has 4 rings (SSSR count). The van der Waals surface area contributed by atoms with Gasteiger partial charge in [0.15, 0.2) is 16.3 Å². The van der Waals surface area contributed by atoms with Crippen molar-refractivity contribution in [3.05, 3.63) is 78.0 Å². The van der Waals surface area contributed by atoms with Gasteiger partial charge in [-0.05, 0) is 80.2 Å². The largest absolute Gasteiger partial charge is 0.491 e. The third kappa shape index (κ3) is 5.28. The lowest BCUT2D eigenvalue weighted by Crippen LogP contribution is -2.38. The molecular weight excluding hydrogens is 424 g/mol. The maximum absolute atomic E-state index is 12.4. The quantitative estimate of drug-likeness (QED) is 0.422. The molecule has 2 heterocycles. The molecule has 8 heteroatoms. The number of ether oxygens (including phenoxy) is 1. The summed E-state index contributed by atoms with van der Waals surface area (Å²) in [6.07, 6.45) is 1.76. The number of fused-ring (bicyclic) bond motifs is 1. The molecule has 0 aliphatic heterocycles. The summed E-state index contributed by atoms with van der Waals surface area (Å²) in [6.45, 7) is 4.37. The van der Waals surface area contributed by atoms with Crippen LogP contribution in [0, 0.1) is 0 Å². The van der Waals surface area contributed by atoms with E-state index in [2.05, 4.69) is 20.6 Å². The highest BCUT2D eigenvalue weighted by atomic mass is 32.1. The van der Waals surface area contributed by atoms with E-state index in [0.29, 0.717) is 29.2 Å². The molecule has 2 aromatic heterocycles. The molecule has 0 bridgehead atoms. The maximum atomic E-state index is 12.4. The minimum absolute atomic E-state index is 0.0764. The van der Waals surface area contributed by atoms with Gasteiger partial charge in [0.1, 0.15) is 5.75 Å². The highest BCUT2D eigenvalue weighted by Crippen LogP contribution is 2.23. The molecule has 4 aromatic rings. The molecule has 1 amide bonds. The lowest BCUT2D eigenvalue weighted by Gasteiger charge is -2.11. The van der Waals surface area contributed by atoms with Crippen molar-refractivity contribution in [1.29, 1.82) is 0 Å². The van der Waals surface area contributed by atoms with Gasteiger partial charge in [-0.2, -0.15) is 4.98 Å². The summed E-state index contributed by atoms with van der Waals surface area (Å²) >= 11 is 5.25. The third-order valence-electron chi connectivity index (χ3n) is 4.53. The van der Waals surface area contributed by atoms with Gasteiger partial charge in [-0.25, -0.2) is 4.98 Å². The number of aromatic nitrogens is 2. The molecule has 2 N–H and O–H groups in total. The van der Waals surface area contributed by atoms with Crippen molar-refractivity contribution in [3.63, 3.8) is 0 Å². The number of pyridine rings is 1. The summed E-state index contributed by atoms with van der Waals surface area (Å²) in [5, 5.41) is 5.99. The van der Waals surface area contributed by atoms with Gasteiger partial charge in [-0.15, -0.1) is 0 Å². The zero-order valence-corrected chi connectivity index (χ0v) is 18.5. The second-order valence-electron chi connectivity index (χ2n) is 7.37. The van der Waals surface area contributed by atoms with Crippen LogP contribution in [0.5, 0.6) is 5.75 Å². The average Bonchev–Trinajstić information content (AvgIpc) is 3.22. The van der Waals surface area contributed by atoms with Gasteiger partial charge in [0.2, 0.25) is 5.89 Å². The molecule has 0 aliphatic rings. The first-order chi connectivity index (χ1) is 15.5. The number of carbonyl (C=O) groups is 1. The number of rotatable bonds is 6. The van der Waals surface area contributed by atoms with E-state index >= 15 is 0 Å². The molecule has 0 saturated carbocycles. The molecule has 0 saturated heterocycles. The van der Waals surface area contributed by atoms with Crippen molar-refractivity contribution in [3.8, 4) is 17.2 Å². The number of nitrogens with zero attached hydrogens (tertiary/aromatic N) is 2. The highest BCUT2D eigenvalue weighted by molar-refractivity contribution is 7.80. The van der Waals surface area contributed by atoms with Crippen LogP contribution >= 0.6 is 12.2 Å². The van der Waals surface area contributed by atoms with Gasteiger partial charge in [0, 0.05) is 23.9 Å². The fraction of sp³-hybridized carbons (Fsp3) is 0.167. The van der Waals surface area contributed by atoms with E-state index in [1.165, 1.54) is 0 Å². The summed E-state index contributed by atoms with van der Waals surface area (Å²) < 4.78 is 11.3. The number of benzene rings is 2. The summed E-state index contributed by atoms with van der Waals surface area (Å²) in [7, 11) is 0. The van der Waals surface area contributed by atoms with Gasteiger partial charge in [0.25, 0.3) is 5.91 Å². The van der Waals surface area contributed by atoms with Crippen LogP contribution in [0.3, 0.4) is 0 Å². The number of thiocarbonyl (C=S) groups is 1. The van der Waals surface area contributed by atoms with E-state index in [9.17, 15) is 4.79 Å². The monoisotopic (exact) mass is 446 g/mol. The fourth-order valence-corrected chi connectivity index (χ4v) is 3.18. The van der Waals surface area contributed by atoms with Crippen LogP contribution in [0.4, 0.5) is 0 Å². The summed E-state index contributed by atoms with van der Waals surface area (Å²) in [5.41, 5.74) is 3.58. The van der Waals surface area contributed by atoms with Crippen LogP contribution in [-0.2, 0) is 6.54 Å². The second-order valence-corrected chi connectivity index (χ2v) is 7.78. The Morgan fingerprint density at radius 3 is 2.53 bits per heavy atom. The number of carbonyl (C=O) groups excluding carboxylic acids is 1. The van der Waals surface area contributed by atoms with Gasteiger partial charge < -0.3 is 14.5 Å². The van der Waals surface area contributed by atoms with E-state index in [1.54, 1.807) is 30.5 Å². The normalized spacial score (nSPS) is 10.8. The average molecular weight is 447 g/mol. The number of oxazole rings is 1. The van der Waals surface area contributed by atoms with Gasteiger partial charge in [-0.1, -0.05) is 12.1 Å². The van der Waals surface area contributed by atoms with E-state index in [0.717, 1.165) is 16.9 Å². The maximum Gasteiger partial charge on any atom is 0.257 e. The SMILES string of the molecule is CC(C)Oc1ccc(C(=O)NC(=S)NCc2ccc(-c3nc4ncccc4o3)cc2)cc1. The highest BCUT2D eigenvalue weighted by Gasteiger charge is 2.10. The van der Waals surface area contributed by atoms with Crippen LogP contribution in [-0.4, -0.2) is 27.1 Å². The molecule has 0 fully saturated rings. The van der Waals surface area contributed by atoms with Crippen molar-refractivity contribution in [2.24, 2.45) is 0 Å². The molecule has 0 unspecified atom stereocenters. The second kappa shape index (κ2) is 9.57. The molecule has 2 aromatic carbocycles. The lowest BCUT2D eigenvalue weighted by molar-refractivity contribution is 0.0976. The van der Waals surface area contributed by atoms with Gasteiger partial charge in [-0.3, -0.25) is 10.1 Å². The summed E-state index contributed by atoms with van der Waals surface area (Å²) in [6, 6.07) is 18.3. The Morgan fingerprint density at radius 2 is 1.84 bits per heavy atom. The molecule has 0 aliphatic carbocycles. The first kappa shape index (κ1) is 21.5. The zero-order chi connectivity index (χ0) is 22.5. The molecule has 0 atom stereocenters. The first-order valence-corrected chi connectivity index (χ1v) is 10.6. The molecule has 7 nitrogen and oxygen atoms in total. The Bertz CT molecular complexity index is 1200. The molecule has 162 valence electrons. The minimum Gasteiger partial charge on any atom is -0.491 e.